The van der Waals surface area contributed by atoms with E-state index in [0.29, 0.717) is 24.0 Å². The summed E-state index contributed by atoms with van der Waals surface area (Å²) in [6.07, 6.45) is -0.173. The molecular formula is C26H27N5O8S. The van der Waals surface area contributed by atoms with Gasteiger partial charge in [-0.25, -0.2) is 18.0 Å². The highest BCUT2D eigenvalue weighted by atomic mass is 32.2. The minimum atomic E-state index is -3.40. The van der Waals surface area contributed by atoms with E-state index in [4.69, 9.17) is 0 Å². The molecule has 1 aliphatic carbocycles. The fourth-order valence-electron chi connectivity index (χ4n) is 4.21. The number of benzene rings is 2. The molecule has 2 aromatic carbocycles. The van der Waals surface area contributed by atoms with Crippen LogP contribution in [0.5, 0.6) is 0 Å². The number of aryl methyl sites for hydroxylation is 1. The van der Waals surface area contributed by atoms with E-state index in [-0.39, 0.29) is 23.8 Å². The molecule has 0 bridgehead atoms. The third-order valence-corrected chi connectivity index (χ3v) is 7.20. The molecule has 0 saturated heterocycles. The van der Waals surface area contributed by atoms with E-state index >= 15 is 0 Å². The first-order chi connectivity index (χ1) is 18.9. The summed E-state index contributed by atoms with van der Waals surface area (Å²) < 4.78 is 32.9. The Kier molecular flexibility index (Phi) is 9.33. The van der Waals surface area contributed by atoms with E-state index in [1.165, 1.54) is 32.0 Å². The molecular weight excluding hydrogens is 542 g/mol. The minimum Gasteiger partial charge on any atom is -0.450 e. The molecule has 3 rings (SSSR count). The van der Waals surface area contributed by atoms with Gasteiger partial charge in [-0.1, -0.05) is 18.2 Å². The number of fused-ring (bicyclic) bond motifs is 1. The van der Waals surface area contributed by atoms with E-state index in [1.54, 1.807) is 24.3 Å². The van der Waals surface area contributed by atoms with Crippen LogP contribution in [0.15, 0.2) is 57.6 Å². The number of nitrogens with zero attached hydrogens (tertiary/aromatic N) is 3. The van der Waals surface area contributed by atoms with Gasteiger partial charge in [0.15, 0.2) is 9.84 Å². The lowest BCUT2D eigenvalue weighted by molar-refractivity contribution is -0.130. The Morgan fingerprint density at radius 1 is 1.00 bits per heavy atom. The largest absolute Gasteiger partial charge is 0.450 e. The second-order valence-electron chi connectivity index (χ2n) is 8.69. The number of imide groups is 2. The lowest BCUT2D eigenvalue weighted by atomic mass is 9.77. The molecule has 4 amide bonds. The summed E-state index contributed by atoms with van der Waals surface area (Å²) in [5, 5.41) is 21.6. The maximum atomic E-state index is 12.5. The smallest absolute Gasteiger partial charge is 0.413 e. The normalized spacial score (nSPS) is 16.2. The second-order valence-corrected chi connectivity index (χ2v) is 10.7. The van der Waals surface area contributed by atoms with Crippen LogP contribution in [-0.2, 0) is 40.7 Å². The van der Waals surface area contributed by atoms with Crippen molar-refractivity contribution in [3.05, 3.63) is 59.2 Å². The van der Waals surface area contributed by atoms with Crippen molar-refractivity contribution in [3.8, 4) is 6.07 Å². The van der Waals surface area contributed by atoms with Crippen LogP contribution in [0.1, 0.15) is 37.0 Å². The molecule has 0 aromatic heterocycles. The Morgan fingerprint density at radius 3 is 2.08 bits per heavy atom. The zero-order valence-electron chi connectivity index (χ0n) is 22.0. The molecule has 0 heterocycles. The molecule has 210 valence electrons. The molecule has 13 nitrogen and oxygen atoms in total. The summed E-state index contributed by atoms with van der Waals surface area (Å²) in [6, 6.07) is 11.5. The van der Waals surface area contributed by atoms with Crippen LogP contribution in [0.3, 0.4) is 0 Å². The van der Waals surface area contributed by atoms with Crippen molar-refractivity contribution >= 4 is 39.5 Å². The fourth-order valence-corrected chi connectivity index (χ4v) is 4.84. The number of azo groups is 1. The van der Waals surface area contributed by atoms with Crippen molar-refractivity contribution in [3.63, 3.8) is 0 Å². The summed E-state index contributed by atoms with van der Waals surface area (Å²) in [5.41, 5.74) is 1.36. The van der Waals surface area contributed by atoms with Crippen LogP contribution < -0.4 is 10.6 Å². The number of rotatable bonds is 8. The number of hydrogen-bond donors (Lipinski definition) is 2. The predicted molar refractivity (Wildman–Crippen MR) is 139 cm³/mol. The molecule has 1 atom stereocenters. The topological polar surface area (TPSA) is 193 Å². The van der Waals surface area contributed by atoms with E-state index in [9.17, 15) is 32.9 Å². The van der Waals surface area contributed by atoms with Gasteiger partial charge in [0.25, 0.3) is 11.8 Å². The molecule has 2 N–H and O–H groups in total. The maximum Gasteiger partial charge on any atom is 0.413 e. The average molecular weight is 570 g/mol. The molecule has 1 unspecified atom stereocenters. The Balaban J connectivity index is 1.89. The maximum absolute atomic E-state index is 12.5. The lowest BCUT2D eigenvalue weighted by Gasteiger charge is -2.23. The summed E-state index contributed by atoms with van der Waals surface area (Å²) >= 11 is 0. The van der Waals surface area contributed by atoms with Crippen LogP contribution in [0, 0.1) is 11.3 Å². The van der Waals surface area contributed by atoms with Crippen LogP contribution in [-0.4, -0.2) is 57.9 Å². The number of ether oxygens (including phenoxy) is 2. The number of nitrogens with one attached hydrogen (secondary N) is 2. The van der Waals surface area contributed by atoms with Crippen molar-refractivity contribution in [2.24, 2.45) is 10.2 Å². The lowest BCUT2D eigenvalue weighted by Crippen LogP contribution is -2.48. The highest BCUT2D eigenvalue weighted by Crippen LogP contribution is 2.45. The fraction of sp³-hybridized carbons (Fsp3) is 0.346. The van der Waals surface area contributed by atoms with E-state index in [0.717, 1.165) is 11.8 Å². The van der Waals surface area contributed by atoms with Crippen molar-refractivity contribution in [1.29, 1.82) is 5.26 Å². The Bertz CT molecular complexity index is 1470. The number of amides is 4. The van der Waals surface area contributed by atoms with Crippen LogP contribution in [0.4, 0.5) is 15.3 Å². The molecule has 1 aliphatic rings. The van der Waals surface area contributed by atoms with Crippen molar-refractivity contribution in [2.45, 2.75) is 43.0 Å². The Labute approximate surface area is 230 Å². The van der Waals surface area contributed by atoms with Crippen LogP contribution >= 0.6 is 0 Å². The first-order valence-corrected chi connectivity index (χ1v) is 14.1. The summed E-state index contributed by atoms with van der Waals surface area (Å²) in [6.45, 7) is 2.99. The zero-order chi connectivity index (χ0) is 29.5. The van der Waals surface area contributed by atoms with E-state index in [1.807, 2.05) is 10.6 Å². The van der Waals surface area contributed by atoms with Gasteiger partial charge in [-0.05, 0) is 67.6 Å². The monoisotopic (exact) mass is 569 g/mol. The van der Waals surface area contributed by atoms with Crippen LogP contribution in [0.2, 0.25) is 0 Å². The van der Waals surface area contributed by atoms with Gasteiger partial charge in [-0.3, -0.25) is 20.2 Å². The quantitative estimate of drug-likeness (QED) is 0.355. The standard InChI is InChI=1S/C26H27N5O8S/c1-4-38-24(34)28-22(32)21(23(33)29-25(35)39-5-2)31-30-18-8-11-20-16(14-18)12-13-26(20,15-27)17-6-9-19(10-7-17)40(3,36)37/h6-11,14,21H,4-5,12-13H2,1-3H3,(H,28,32,34)(H,29,33,35). The second kappa shape index (κ2) is 12.5. The Morgan fingerprint density at radius 2 is 1.57 bits per heavy atom. The first-order valence-electron chi connectivity index (χ1n) is 12.2. The third kappa shape index (κ3) is 6.67. The van der Waals surface area contributed by atoms with Gasteiger partial charge in [0.05, 0.1) is 29.9 Å². The minimum absolute atomic E-state index is 0.0263. The van der Waals surface area contributed by atoms with Crippen molar-refractivity contribution in [1.82, 2.24) is 10.6 Å². The summed E-state index contributed by atoms with van der Waals surface area (Å²) in [4.78, 5) is 48.6. The number of hydrogen-bond acceptors (Lipinski definition) is 11. The molecule has 0 saturated carbocycles. The van der Waals surface area contributed by atoms with Crippen molar-refractivity contribution < 1.29 is 37.1 Å². The molecule has 0 radical (unpaired) electrons. The van der Waals surface area contributed by atoms with Gasteiger partial charge in [0.2, 0.25) is 6.04 Å². The van der Waals surface area contributed by atoms with Gasteiger partial charge in [0.1, 0.15) is 5.41 Å². The SMILES string of the molecule is CCOC(=O)NC(=O)C(N=Nc1ccc2c(c1)CCC2(C#N)c1ccc(S(C)(=O)=O)cc1)C(=O)NC(=O)OCC. The molecule has 40 heavy (non-hydrogen) atoms. The molecule has 14 heteroatoms. The van der Waals surface area contributed by atoms with Gasteiger partial charge >= 0.3 is 12.2 Å². The Hall–Kier alpha value is -4.64. The summed E-state index contributed by atoms with van der Waals surface area (Å²) in [5.74, 6) is -2.35. The number of sulfone groups is 1. The molecule has 0 spiro atoms. The number of alkyl carbamates (subject to hydrolysis) is 2. The van der Waals surface area contributed by atoms with Gasteiger partial charge in [-0.15, -0.1) is 0 Å². The van der Waals surface area contributed by atoms with Crippen molar-refractivity contribution in [2.75, 3.05) is 19.5 Å². The van der Waals surface area contributed by atoms with E-state index in [2.05, 4.69) is 25.8 Å². The van der Waals surface area contributed by atoms with Gasteiger partial charge in [-0.2, -0.15) is 15.5 Å². The molecule has 2 aromatic rings. The zero-order valence-corrected chi connectivity index (χ0v) is 22.8. The average Bonchev–Trinajstić information content (AvgIpc) is 3.27. The van der Waals surface area contributed by atoms with Gasteiger partial charge < -0.3 is 9.47 Å². The first kappa shape index (κ1) is 29.9. The van der Waals surface area contributed by atoms with E-state index < -0.39 is 45.3 Å². The molecule has 0 aliphatic heterocycles. The predicted octanol–water partition coefficient (Wildman–Crippen LogP) is 2.84. The van der Waals surface area contributed by atoms with Gasteiger partial charge in [0, 0.05) is 6.26 Å². The highest BCUT2D eigenvalue weighted by Gasteiger charge is 2.41. The van der Waals surface area contributed by atoms with Crippen LogP contribution in [0.25, 0.3) is 0 Å². The third-order valence-electron chi connectivity index (χ3n) is 6.07. The number of nitriles is 1. The highest BCUT2D eigenvalue weighted by molar-refractivity contribution is 7.90. The number of carbonyl (C=O) groups is 4. The summed E-state index contributed by atoms with van der Waals surface area (Å²) in [7, 11) is -3.40. The molecule has 0 fully saturated rings. The number of carbonyl (C=O) groups excluding carboxylic acids is 4.